The minimum absolute atomic E-state index is 0.100. The number of ketones is 1. The Kier molecular flexibility index (Phi) is 6.08. The van der Waals surface area contributed by atoms with Crippen molar-refractivity contribution in [2.45, 2.75) is 13.0 Å². The van der Waals surface area contributed by atoms with E-state index in [1.54, 1.807) is 54.2 Å². The highest BCUT2D eigenvalue weighted by Gasteiger charge is 2.29. The van der Waals surface area contributed by atoms with E-state index >= 15 is 0 Å². The molecular formula is C18H17N3O3S. The average molecular weight is 355 g/mol. The number of pyridine rings is 1. The van der Waals surface area contributed by atoms with Crippen LogP contribution in [0.5, 0.6) is 0 Å². The zero-order valence-corrected chi connectivity index (χ0v) is 14.5. The SMILES string of the molecule is C=CCN=C([S-])[C@H](C(=O)c1ccc(C)c([N+](=O)[O-])c1)[n+]1ccccc1. The van der Waals surface area contributed by atoms with Gasteiger partial charge in [0, 0.05) is 29.3 Å². The first kappa shape index (κ1) is 18.4. The maximum atomic E-state index is 13.0. The summed E-state index contributed by atoms with van der Waals surface area (Å²) in [6.07, 6.45) is 5.00. The molecule has 7 heteroatoms. The van der Waals surface area contributed by atoms with Crippen LogP contribution in [0.3, 0.4) is 0 Å². The highest BCUT2D eigenvalue weighted by molar-refractivity contribution is 7.77. The lowest BCUT2D eigenvalue weighted by molar-refractivity contribution is -0.691. The van der Waals surface area contributed by atoms with Gasteiger partial charge >= 0.3 is 0 Å². The molecule has 1 heterocycles. The fraction of sp³-hybridized carbons (Fsp3) is 0.167. The lowest BCUT2D eigenvalue weighted by atomic mass is 10.0. The number of aromatic nitrogens is 1. The maximum absolute atomic E-state index is 13.0. The van der Waals surface area contributed by atoms with Crippen LogP contribution < -0.4 is 4.57 Å². The highest BCUT2D eigenvalue weighted by Crippen LogP contribution is 2.21. The molecule has 1 atom stereocenters. The number of hydrogen-bond donors (Lipinski definition) is 0. The van der Waals surface area contributed by atoms with Crippen molar-refractivity contribution in [3.05, 3.63) is 82.7 Å². The van der Waals surface area contributed by atoms with Gasteiger partial charge in [0.05, 0.1) is 11.5 Å². The van der Waals surface area contributed by atoms with Gasteiger partial charge in [-0.05, 0) is 12.0 Å². The summed E-state index contributed by atoms with van der Waals surface area (Å²) in [5, 5.41) is 11.3. The number of nitrogens with zero attached hydrogens (tertiary/aromatic N) is 3. The number of aryl methyl sites for hydroxylation is 1. The van der Waals surface area contributed by atoms with Crippen molar-refractivity contribution in [3.8, 4) is 0 Å². The minimum atomic E-state index is -0.849. The summed E-state index contributed by atoms with van der Waals surface area (Å²) in [6.45, 7) is 5.51. The molecule has 0 amide bonds. The van der Waals surface area contributed by atoms with Crippen molar-refractivity contribution in [2.24, 2.45) is 4.99 Å². The zero-order chi connectivity index (χ0) is 18.4. The molecule has 0 saturated carbocycles. The van der Waals surface area contributed by atoms with Crippen molar-refractivity contribution >= 4 is 29.1 Å². The van der Waals surface area contributed by atoms with E-state index in [-0.39, 0.29) is 22.1 Å². The monoisotopic (exact) mass is 355 g/mol. The van der Waals surface area contributed by atoms with Gasteiger partial charge in [0.2, 0.25) is 11.8 Å². The Morgan fingerprint density at radius 1 is 1.40 bits per heavy atom. The van der Waals surface area contributed by atoms with E-state index in [4.69, 9.17) is 12.6 Å². The predicted molar refractivity (Wildman–Crippen MR) is 97.7 cm³/mol. The number of Topliss-reactive ketones (excluding diaryl/α,β-unsaturated/α-hetero) is 1. The summed E-state index contributed by atoms with van der Waals surface area (Å²) in [5.74, 6) is -0.350. The van der Waals surface area contributed by atoms with E-state index in [1.165, 1.54) is 6.07 Å². The van der Waals surface area contributed by atoms with Gasteiger partial charge in [0.25, 0.3) is 5.69 Å². The van der Waals surface area contributed by atoms with Crippen LogP contribution in [-0.2, 0) is 12.6 Å². The van der Waals surface area contributed by atoms with Crippen LogP contribution in [-0.4, -0.2) is 22.3 Å². The van der Waals surface area contributed by atoms with Crippen LogP contribution in [0.15, 0.2) is 66.4 Å². The van der Waals surface area contributed by atoms with Crippen molar-refractivity contribution in [3.63, 3.8) is 0 Å². The Hall–Kier alpha value is -2.93. The van der Waals surface area contributed by atoms with E-state index in [0.717, 1.165) is 0 Å². The molecule has 128 valence electrons. The first-order valence-electron chi connectivity index (χ1n) is 7.53. The molecule has 0 spiro atoms. The third-order valence-corrected chi connectivity index (χ3v) is 3.94. The summed E-state index contributed by atoms with van der Waals surface area (Å²) in [7, 11) is 0. The predicted octanol–water partition coefficient (Wildman–Crippen LogP) is 2.75. The first-order chi connectivity index (χ1) is 12.0. The Labute approximate surface area is 151 Å². The van der Waals surface area contributed by atoms with Crippen LogP contribution in [0.1, 0.15) is 22.0 Å². The third-order valence-electron chi connectivity index (χ3n) is 3.59. The van der Waals surface area contributed by atoms with E-state index in [9.17, 15) is 14.9 Å². The Balaban J connectivity index is 2.51. The minimum Gasteiger partial charge on any atom is -0.758 e. The molecular weight excluding hydrogens is 338 g/mol. The lowest BCUT2D eigenvalue weighted by Crippen LogP contribution is -2.47. The van der Waals surface area contributed by atoms with Crippen molar-refractivity contribution in [2.75, 3.05) is 6.54 Å². The summed E-state index contributed by atoms with van der Waals surface area (Å²) in [5.41, 5.74) is 0.607. The number of rotatable bonds is 7. The lowest BCUT2D eigenvalue weighted by Gasteiger charge is -2.18. The van der Waals surface area contributed by atoms with Crippen LogP contribution in [0.4, 0.5) is 5.69 Å². The molecule has 0 N–H and O–H groups in total. The maximum Gasteiger partial charge on any atom is 0.273 e. The van der Waals surface area contributed by atoms with Crippen molar-refractivity contribution in [1.29, 1.82) is 0 Å². The number of carbonyl (C=O) groups excluding carboxylic acids is 1. The smallest absolute Gasteiger partial charge is 0.273 e. The summed E-state index contributed by atoms with van der Waals surface area (Å²) in [6, 6.07) is 8.92. The number of nitro groups is 1. The standard InChI is InChI=1S/C18H17N3O3S/c1-3-9-19-18(25)16(20-10-5-4-6-11-20)17(22)14-8-7-13(2)15(12-14)21(23)24/h3-8,10-12,16H,1,9H2,2H3/t16-/m0/s1. The number of carbonyl (C=O) groups is 1. The zero-order valence-electron chi connectivity index (χ0n) is 13.7. The van der Waals surface area contributed by atoms with Gasteiger partial charge in [-0.2, -0.15) is 4.57 Å². The molecule has 0 aliphatic carbocycles. The second-order valence-corrected chi connectivity index (χ2v) is 5.73. The molecule has 0 saturated heterocycles. The molecule has 25 heavy (non-hydrogen) atoms. The van der Waals surface area contributed by atoms with Crippen LogP contribution in [0.2, 0.25) is 0 Å². The molecule has 0 aliphatic heterocycles. The van der Waals surface area contributed by atoms with Gasteiger partial charge in [0.15, 0.2) is 12.4 Å². The van der Waals surface area contributed by atoms with Gasteiger partial charge in [-0.25, -0.2) is 0 Å². The molecule has 1 aromatic carbocycles. The molecule has 2 rings (SSSR count). The fourth-order valence-corrected chi connectivity index (χ4v) is 2.62. The molecule has 0 aliphatic rings. The molecule has 2 aromatic rings. The normalized spacial score (nSPS) is 12.4. The highest BCUT2D eigenvalue weighted by atomic mass is 32.1. The van der Waals surface area contributed by atoms with Gasteiger partial charge in [0.1, 0.15) is 0 Å². The van der Waals surface area contributed by atoms with E-state index in [0.29, 0.717) is 12.1 Å². The van der Waals surface area contributed by atoms with Gasteiger partial charge in [-0.1, -0.05) is 24.3 Å². The molecule has 6 nitrogen and oxygen atoms in total. The summed E-state index contributed by atoms with van der Waals surface area (Å²) in [4.78, 5) is 27.8. The van der Waals surface area contributed by atoms with E-state index < -0.39 is 11.0 Å². The molecule has 0 fully saturated rings. The summed E-state index contributed by atoms with van der Waals surface area (Å²) < 4.78 is 1.64. The van der Waals surface area contributed by atoms with E-state index in [1.807, 2.05) is 6.07 Å². The second kappa shape index (κ2) is 8.25. The van der Waals surface area contributed by atoms with Gasteiger partial charge in [-0.3, -0.25) is 14.9 Å². The largest absolute Gasteiger partial charge is 0.758 e. The quantitative estimate of drug-likeness (QED) is 0.112. The van der Waals surface area contributed by atoms with Crippen LogP contribution >= 0.6 is 0 Å². The number of aliphatic imine (C=N–C) groups is 1. The fourth-order valence-electron chi connectivity index (χ4n) is 2.32. The Bertz CT molecular complexity index is 835. The van der Waals surface area contributed by atoms with Gasteiger partial charge < -0.3 is 17.6 Å². The second-order valence-electron chi connectivity index (χ2n) is 5.32. The van der Waals surface area contributed by atoms with E-state index in [2.05, 4.69) is 11.6 Å². The Morgan fingerprint density at radius 2 is 2.08 bits per heavy atom. The number of benzene rings is 1. The van der Waals surface area contributed by atoms with Gasteiger partial charge in [-0.15, -0.1) is 6.58 Å². The average Bonchev–Trinajstić information content (AvgIpc) is 2.61. The molecule has 1 aromatic heterocycles. The molecule has 0 radical (unpaired) electrons. The van der Waals surface area contributed by atoms with Crippen molar-refractivity contribution in [1.82, 2.24) is 0 Å². The third kappa shape index (κ3) is 4.33. The van der Waals surface area contributed by atoms with Crippen LogP contribution in [0, 0.1) is 17.0 Å². The molecule has 0 bridgehead atoms. The molecule has 0 unspecified atom stereocenters. The summed E-state index contributed by atoms with van der Waals surface area (Å²) >= 11 is 5.32. The van der Waals surface area contributed by atoms with Crippen molar-refractivity contribution < 1.29 is 14.3 Å². The number of nitro benzene ring substituents is 1. The Morgan fingerprint density at radius 3 is 2.68 bits per heavy atom. The van der Waals surface area contributed by atoms with Crippen LogP contribution in [0.25, 0.3) is 0 Å². The first-order valence-corrected chi connectivity index (χ1v) is 7.93. The number of hydrogen-bond acceptors (Lipinski definition) is 5. The topological polar surface area (TPSA) is 76.4 Å².